The van der Waals surface area contributed by atoms with E-state index in [0.717, 1.165) is 6.54 Å². The average Bonchev–Trinajstić information content (AvgIpc) is 3.13. The molecule has 1 aromatic rings. The maximum absolute atomic E-state index is 13.3. The summed E-state index contributed by atoms with van der Waals surface area (Å²) in [4.78, 5) is 12.0. The number of amides is 1. The molecule has 1 aliphatic carbocycles. The number of halogens is 1. The van der Waals surface area contributed by atoms with Crippen molar-refractivity contribution >= 4 is 17.7 Å². The highest BCUT2D eigenvalue weighted by Crippen LogP contribution is 2.27. The molecule has 1 N–H and O–H groups in total. The van der Waals surface area contributed by atoms with Crippen molar-refractivity contribution in [2.24, 2.45) is 5.92 Å². The van der Waals surface area contributed by atoms with Crippen LogP contribution in [0, 0.1) is 11.7 Å². The molecule has 1 aliphatic rings. The van der Waals surface area contributed by atoms with Crippen LogP contribution in [0.15, 0.2) is 29.2 Å². The molecule has 0 radical (unpaired) electrons. The van der Waals surface area contributed by atoms with Crippen LogP contribution in [0.25, 0.3) is 0 Å². The molecule has 0 aliphatic heterocycles. The van der Waals surface area contributed by atoms with E-state index >= 15 is 0 Å². The monoisotopic (exact) mass is 253 g/mol. The first-order valence-electron chi connectivity index (χ1n) is 5.90. The number of carbonyl (C=O) groups excluding carboxylic acids is 1. The Bertz CT molecular complexity index is 393. The second-order valence-electron chi connectivity index (χ2n) is 4.28. The summed E-state index contributed by atoms with van der Waals surface area (Å²) in [6.07, 6.45) is 2.93. The van der Waals surface area contributed by atoms with E-state index < -0.39 is 0 Å². The van der Waals surface area contributed by atoms with Gasteiger partial charge in [-0.3, -0.25) is 4.79 Å². The van der Waals surface area contributed by atoms with Crippen molar-refractivity contribution < 1.29 is 9.18 Å². The van der Waals surface area contributed by atoms with E-state index in [1.165, 1.54) is 30.7 Å². The fraction of sp³-hybridized carbons (Fsp3) is 0.462. The van der Waals surface area contributed by atoms with Gasteiger partial charge in [0.25, 0.3) is 0 Å². The van der Waals surface area contributed by atoms with E-state index in [9.17, 15) is 9.18 Å². The number of rotatable bonds is 6. The van der Waals surface area contributed by atoms with Crippen molar-refractivity contribution in [1.82, 2.24) is 5.32 Å². The van der Waals surface area contributed by atoms with Crippen LogP contribution in [-0.4, -0.2) is 18.2 Å². The Morgan fingerprint density at radius 1 is 1.41 bits per heavy atom. The van der Waals surface area contributed by atoms with E-state index in [0.29, 0.717) is 23.0 Å². The number of nitrogens with one attached hydrogen (secondary N) is 1. The molecule has 0 aromatic heterocycles. The lowest BCUT2D eigenvalue weighted by atomic mass is 10.3. The molecule has 1 fully saturated rings. The summed E-state index contributed by atoms with van der Waals surface area (Å²) >= 11 is 1.39. The first-order valence-corrected chi connectivity index (χ1v) is 6.88. The third-order valence-electron chi connectivity index (χ3n) is 2.71. The molecular formula is C13H16FNOS. The Kier molecular flexibility index (Phi) is 4.42. The molecule has 1 amide bonds. The zero-order valence-electron chi connectivity index (χ0n) is 9.62. The molecule has 0 unspecified atom stereocenters. The third kappa shape index (κ3) is 4.38. The summed E-state index contributed by atoms with van der Waals surface area (Å²) in [5.74, 6) is 1.19. The topological polar surface area (TPSA) is 29.1 Å². The summed E-state index contributed by atoms with van der Waals surface area (Å²) in [7, 11) is 0. The van der Waals surface area contributed by atoms with Crippen LogP contribution in [0.2, 0.25) is 0 Å². The minimum atomic E-state index is -0.212. The number of carbonyl (C=O) groups is 1. The normalized spacial score (nSPS) is 14.6. The molecule has 92 valence electrons. The van der Waals surface area contributed by atoms with Gasteiger partial charge in [0, 0.05) is 23.6 Å². The summed E-state index contributed by atoms with van der Waals surface area (Å²) in [6.45, 7) is 0.809. The quantitative estimate of drug-likeness (QED) is 0.790. The highest BCUT2D eigenvalue weighted by atomic mass is 32.2. The SMILES string of the molecule is O=C(CCSc1ccccc1F)NCC1CC1. The summed E-state index contributed by atoms with van der Waals surface area (Å²) in [5, 5.41) is 2.90. The van der Waals surface area contributed by atoms with Crippen molar-refractivity contribution in [1.29, 1.82) is 0 Å². The fourth-order valence-corrected chi connectivity index (χ4v) is 2.37. The van der Waals surface area contributed by atoms with Crippen molar-refractivity contribution in [2.75, 3.05) is 12.3 Å². The van der Waals surface area contributed by atoms with Crippen molar-refractivity contribution in [2.45, 2.75) is 24.2 Å². The second-order valence-corrected chi connectivity index (χ2v) is 5.41. The lowest BCUT2D eigenvalue weighted by Gasteiger charge is -2.04. The molecule has 17 heavy (non-hydrogen) atoms. The molecular weight excluding hydrogens is 237 g/mol. The van der Waals surface area contributed by atoms with Gasteiger partial charge in [-0.15, -0.1) is 11.8 Å². The largest absolute Gasteiger partial charge is 0.356 e. The molecule has 2 rings (SSSR count). The Hall–Kier alpha value is -1.03. The lowest BCUT2D eigenvalue weighted by molar-refractivity contribution is -0.120. The van der Waals surface area contributed by atoms with Gasteiger partial charge in [-0.25, -0.2) is 4.39 Å². The van der Waals surface area contributed by atoms with Crippen LogP contribution in [0.1, 0.15) is 19.3 Å². The van der Waals surface area contributed by atoms with Gasteiger partial charge in [0.2, 0.25) is 5.91 Å². The minimum absolute atomic E-state index is 0.0701. The van der Waals surface area contributed by atoms with Gasteiger partial charge in [0.15, 0.2) is 0 Å². The standard InChI is InChI=1S/C13H16FNOS/c14-11-3-1-2-4-12(11)17-8-7-13(16)15-9-10-5-6-10/h1-4,10H,5-9H2,(H,15,16). The van der Waals surface area contributed by atoms with E-state index in [1.54, 1.807) is 18.2 Å². The van der Waals surface area contributed by atoms with Gasteiger partial charge in [-0.1, -0.05) is 12.1 Å². The van der Waals surface area contributed by atoms with Gasteiger partial charge < -0.3 is 5.32 Å². The zero-order chi connectivity index (χ0) is 12.1. The van der Waals surface area contributed by atoms with Crippen molar-refractivity contribution in [3.63, 3.8) is 0 Å². The third-order valence-corrected chi connectivity index (χ3v) is 3.76. The first-order chi connectivity index (χ1) is 8.25. The number of thioether (sulfide) groups is 1. The van der Waals surface area contributed by atoms with Gasteiger partial charge in [0.1, 0.15) is 5.82 Å². The maximum Gasteiger partial charge on any atom is 0.220 e. The van der Waals surface area contributed by atoms with Crippen LogP contribution in [-0.2, 0) is 4.79 Å². The van der Waals surface area contributed by atoms with Crippen LogP contribution >= 0.6 is 11.8 Å². The second kappa shape index (κ2) is 6.05. The molecule has 0 spiro atoms. The lowest BCUT2D eigenvalue weighted by Crippen LogP contribution is -2.25. The van der Waals surface area contributed by atoms with Gasteiger partial charge >= 0.3 is 0 Å². The number of benzene rings is 1. The van der Waals surface area contributed by atoms with E-state index in [2.05, 4.69) is 5.32 Å². The molecule has 2 nitrogen and oxygen atoms in total. The van der Waals surface area contributed by atoms with Crippen molar-refractivity contribution in [3.05, 3.63) is 30.1 Å². The Balaban J connectivity index is 1.64. The molecule has 1 saturated carbocycles. The predicted octanol–water partition coefficient (Wildman–Crippen LogP) is 2.83. The number of hydrogen-bond acceptors (Lipinski definition) is 2. The maximum atomic E-state index is 13.3. The Morgan fingerprint density at radius 3 is 2.88 bits per heavy atom. The molecule has 0 atom stereocenters. The molecule has 0 bridgehead atoms. The van der Waals surface area contributed by atoms with Gasteiger partial charge in [-0.2, -0.15) is 0 Å². The average molecular weight is 253 g/mol. The van der Waals surface area contributed by atoms with Gasteiger partial charge in [0.05, 0.1) is 0 Å². The highest BCUT2D eigenvalue weighted by molar-refractivity contribution is 7.99. The van der Waals surface area contributed by atoms with Crippen LogP contribution in [0.4, 0.5) is 4.39 Å². The van der Waals surface area contributed by atoms with Crippen LogP contribution < -0.4 is 5.32 Å². The van der Waals surface area contributed by atoms with E-state index in [4.69, 9.17) is 0 Å². The molecule has 0 heterocycles. The smallest absolute Gasteiger partial charge is 0.220 e. The predicted molar refractivity (Wildman–Crippen MR) is 67.5 cm³/mol. The highest BCUT2D eigenvalue weighted by Gasteiger charge is 2.21. The molecule has 1 aromatic carbocycles. The van der Waals surface area contributed by atoms with E-state index in [1.807, 2.05) is 0 Å². The minimum Gasteiger partial charge on any atom is -0.356 e. The molecule has 4 heteroatoms. The fourth-order valence-electron chi connectivity index (χ4n) is 1.48. The summed E-state index contributed by atoms with van der Waals surface area (Å²) in [6, 6.07) is 6.65. The Labute approximate surface area is 105 Å². The van der Waals surface area contributed by atoms with Crippen LogP contribution in [0.5, 0.6) is 0 Å². The molecule has 0 saturated heterocycles. The van der Waals surface area contributed by atoms with Crippen molar-refractivity contribution in [3.8, 4) is 0 Å². The Morgan fingerprint density at radius 2 is 2.18 bits per heavy atom. The van der Waals surface area contributed by atoms with Gasteiger partial charge in [-0.05, 0) is 30.9 Å². The number of hydrogen-bond donors (Lipinski definition) is 1. The first kappa shape index (κ1) is 12.4. The summed E-state index contributed by atoms with van der Waals surface area (Å²) < 4.78 is 13.3. The zero-order valence-corrected chi connectivity index (χ0v) is 10.4. The summed E-state index contributed by atoms with van der Waals surface area (Å²) in [5.41, 5.74) is 0. The van der Waals surface area contributed by atoms with Crippen LogP contribution in [0.3, 0.4) is 0 Å². The van der Waals surface area contributed by atoms with E-state index in [-0.39, 0.29) is 11.7 Å².